The van der Waals surface area contributed by atoms with Gasteiger partial charge in [-0.05, 0) is 27.7 Å². The Balaban J connectivity index is 3.58. The van der Waals surface area contributed by atoms with Crippen molar-refractivity contribution in [2.45, 2.75) is 39.9 Å². The molecule has 0 bridgehead atoms. The van der Waals surface area contributed by atoms with E-state index < -0.39 is 0 Å². The minimum Gasteiger partial charge on any atom is -0.408 e. The van der Waals surface area contributed by atoms with Crippen LogP contribution in [0, 0.1) is 0 Å². The molecule has 0 radical (unpaired) electrons. The molecule has 0 aromatic carbocycles. The Morgan fingerprint density at radius 2 is 1.45 bits per heavy atom. The molecule has 66 valence electrons. The van der Waals surface area contributed by atoms with E-state index >= 15 is 0 Å². The highest BCUT2D eigenvalue weighted by atomic mass is 127. The van der Waals surface area contributed by atoms with Gasteiger partial charge in [0.25, 0.3) is 0 Å². The lowest BCUT2D eigenvalue weighted by Crippen LogP contribution is -2.31. The molecule has 0 heterocycles. The predicted octanol–water partition coefficient (Wildman–Crippen LogP) is 2.30. The van der Waals surface area contributed by atoms with Gasteiger partial charge in [-0.25, -0.2) is 0 Å². The molecule has 0 aliphatic carbocycles. The molecule has 0 aliphatic rings. The van der Waals surface area contributed by atoms with Crippen LogP contribution in [-0.2, 0) is 9.31 Å². The van der Waals surface area contributed by atoms with Gasteiger partial charge in [-0.2, -0.15) is 0 Å². The van der Waals surface area contributed by atoms with Crippen LogP contribution in [0.4, 0.5) is 0 Å². The smallest absolute Gasteiger partial charge is 0.408 e. The third-order valence-electron chi connectivity index (χ3n) is 0.974. The fraction of sp³-hybridized carbons (Fsp3) is 1.00. The van der Waals surface area contributed by atoms with Crippen LogP contribution in [0.5, 0.6) is 0 Å². The van der Waals surface area contributed by atoms with Crippen LogP contribution in [0.3, 0.4) is 0 Å². The molecule has 0 aliphatic heterocycles. The van der Waals surface area contributed by atoms with E-state index in [2.05, 4.69) is 22.6 Å². The van der Waals surface area contributed by atoms with Gasteiger partial charge in [-0.3, -0.25) is 0 Å². The lowest BCUT2D eigenvalue weighted by molar-refractivity contribution is 0.134. The molecule has 0 saturated carbocycles. The van der Waals surface area contributed by atoms with Crippen molar-refractivity contribution in [1.82, 2.24) is 0 Å². The fourth-order valence-electron chi connectivity index (χ4n) is 0.712. The Kier molecular flexibility index (Phi) is 6.66. The molecule has 2 nitrogen and oxygen atoms in total. The molecule has 0 spiro atoms. The Morgan fingerprint density at radius 1 is 1.09 bits per heavy atom. The third-order valence-corrected chi connectivity index (χ3v) is 1.69. The average molecular weight is 270 g/mol. The number of hydrogen-bond acceptors (Lipinski definition) is 2. The van der Waals surface area contributed by atoms with E-state index in [1.807, 2.05) is 27.7 Å². The maximum Gasteiger partial charge on any atom is 0.467 e. The van der Waals surface area contributed by atoms with Crippen molar-refractivity contribution in [3.05, 3.63) is 0 Å². The maximum absolute atomic E-state index is 5.48. The quantitative estimate of drug-likeness (QED) is 0.433. The first-order valence-electron chi connectivity index (χ1n) is 3.93. The van der Waals surface area contributed by atoms with Crippen molar-refractivity contribution in [3.63, 3.8) is 0 Å². The normalized spacial score (nSPS) is 11.2. The van der Waals surface area contributed by atoms with Gasteiger partial charge in [0, 0.05) is 16.5 Å². The van der Waals surface area contributed by atoms with Gasteiger partial charge in [0.1, 0.15) is 0 Å². The molecule has 4 heteroatoms. The molecular weight excluding hydrogens is 254 g/mol. The van der Waals surface area contributed by atoms with Crippen molar-refractivity contribution in [3.8, 4) is 0 Å². The standard InChI is InChI=1S/C7H16BIO2/c1-6(2)10-8(5-9)11-7(3)4/h6-7H,5H2,1-4H3. The second-order valence-corrected chi connectivity index (χ2v) is 3.83. The zero-order valence-electron chi connectivity index (χ0n) is 7.63. The highest BCUT2D eigenvalue weighted by Gasteiger charge is 2.18. The van der Waals surface area contributed by atoms with Crippen LogP contribution >= 0.6 is 22.6 Å². The fourth-order valence-corrected chi connectivity index (χ4v) is 1.13. The molecule has 0 fully saturated rings. The Hall–Kier alpha value is 0.715. The van der Waals surface area contributed by atoms with Crippen molar-refractivity contribution < 1.29 is 9.31 Å². The van der Waals surface area contributed by atoms with Crippen molar-refractivity contribution in [2.24, 2.45) is 0 Å². The Labute approximate surface area is 83.3 Å². The van der Waals surface area contributed by atoms with Gasteiger partial charge < -0.3 is 9.31 Å². The first-order valence-corrected chi connectivity index (χ1v) is 5.45. The van der Waals surface area contributed by atoms with Gasteiger partial charge in [0.2, 0.25) is 0 Å². The van der Waals surface area contributed by atoms with E-state index in [0.717, 1.165) is 4.33 Å². The van der Waals surface area contributed by atoms with E-state index in [0.29, 0.717) is 0 Å². The summed E-state index contributed by atoms with van der Waals surface area (Å²) in [6.07, 6.45) is 0.488. The van der Waals surface area contributed by atoms with Gasteiger partial charge in [-0.1, -0.05) is 22.6 Å². The summed E-state index contributed by atoms with van der Waals surface area (Å²) in [4.78, 5) is 0. The van der Waals surface area contributed by atoms with E-state index in [9.17, 15) is 0 Å². The highest BCUT2D eigenvalue weighted by molar-refractivity contribution is 14.1. The maximum atomic E-state index is 5.48. The van der Waals surface area contributed by atoms with Crippen molar-refractivity contribution in [2.75, 3.05) is 4.33 Å². The van der Waals surface area contributed by atoms with Crippen LogP contribution in [-0.4, -0.2) is 23.7 Å². The summed E-state index contributed by atoms with van der Waals surface area (Å²) in [5, 5.41) is 0. The van der Waals surface area contributed by atoms with Crippen LogP contribution in [0.1, 0.15) is 27.7 Å². The second-order valence-electron chi connectivity index (χ2n) is 2.95. The van der Waals surface area contributed by atoms with Crippen LogP contribution in [0.25, 0.3) is 0 Å². The van der Waals surface area contributed by atoms with E-state index in [1.165, 1.54) is 0 Å². The minimum absolute atomic E-state index is 0.0457. The molecule has 0 N–H and O–H groups in total. The zero-order chi connectivity index (χ0) is 8.85. The van der Waals surface area contributed by atoms with Crippen LogP contribution in [0.2, 0.25) is 0 Å². The molecule has 11 heavy (non-hydrogen) atoms. The van der Waals surface area contributed by atoms with Gasteiger partial charge in [0.15, 0.2) is 0 Å². The van der Waals surface area contributed by atoms with E-state index in [1.54, 1.807) is 0 Å². The van der Waals surface area contributed by atoms with Gasteiger partial charge >= 0.3 is 7.12 Å². The summed E-state index contributed by atoms with van der Waals surface area (Å²) in [5.41, 5.74) is 0. The molecular formula is C7H16BIO2. The Morgan fingerprint density at radius 3 is 1.64 bits per heavy atom. The number of halogens is 1. The summed E-state index contributed by atoms with van der Waals surface area (Å²) in [6, 6.07) is 0. The average Bonchev–Trinajstić information content (AvgIpc) is 1.84. The topological polar surface area (TPSA) is 18.5 Å². The Bertz CT molecular complexity index is 88.4. The van der Waals surface area contributed by atoms with Gasteiger partial charge in [-0.15, -0.1) is 0 Å². The lowest BCUT2D eigenvalue weighted by atomic mass is 9.94. The van der Waals surface area contributed by atoms with Crippen LogP contribution in [0.15, 0.2) is 0 Å². The second kappa shape index (κ2) is 6.26. The molecule has 0 atom stereocenters. The summed E-state index contributed by atoms with van der Waals surface area (Å²) in [5.74, 6) is 0. The number of rotatable bonds is 5. The van der Waals surface area contributed by atoms with Crippen LogP contribution < -0.4 is 0 Å². The first-order chi connectivity index (χ1) is 5.06. The molecule has 0 amide bonds. The first kappa shape index (κ1) is 11.7. The third kappa shape index (κ3) is 7.09. The molecule has 0 rings (SSSR count). The van der Waals surface area contributed by atoms with Crippen molar-refractivity contribution >= 4 is 29.7 Å². The number of alkyl halides is 1. The minimum atomic E-state index is -0.0457. The molecule has 0 unspecified atom stereocenters. The van der Waals surface area contributed by atoms with E-state index in [-0.39, 0.29) is 19.3 Å². The molecule has 0 saturated heterocycles. The highest BCUT2D eigenvalue weighted by Crippen LogP contribution is 2.02. The summed E-state index contributed by atoms with van der Waals surface area (Å²) in [6.45, 7) is 8.07. The number of hydrogen-bond donors (Lipinski definition) is 0. The van der Waals surface area contributed by atoms with E-state index in [4.69, 9.17) is 9.31 Å². The van der Waals surface area contributed by atoms with Crippen molar-refractivity contribution in [1.29, 1.82) is 0 Å². The zero-order valence-corrected chi connectivity index (χ0v) is 9.79. The monoisotopic (exact) mass is 270 g/mol. The summed E-state index contributed by atoms with van der Waals surface area (Å²) in [7, 11) is -0.0457. The van der Waals surface area contributed by atoms with Gasteiger partial charge in [0.05, 0.1) is 0 Å². The summed E-state index contributed by atoms with van der Waals surface area (Å²) >= 11 is 2.27. The molecule has 0 aromatic rings. The molecule has 0 aromatic heterocycles. The predicted molar refractivity (Wildman–Crippen MR) is 57.1 cm³/mol. The largest absolute Gasteiger partial charge is 0.467 e. The summed E-state index contributed by atoms with van der Waals surface area (Å²) < 4.78 is 11.8. The SMILES string of the molecule is CC(C)OB(CI)OC(C)C. The lowest BCUT2D eigenvalue weighted by Gasteiger charge is -2.17.